The monoisotopic (exact) mass is 439 g/mol. The average Bonchev–Trinajstić information content (AvgIpc) is 2.71. The van der Waals surface area contributed by atoms with Crippen molar-refractivity contribution in [3.8, 4) is 0 Å². The Bertz CT molecular complexity index is 913. The molecule has 1 heterocycles. The van der Waals surface area contributed by atoms with E-state index in [0.29, 0.717) is 49.4 Å². The summed E-state index contributed by atoms with van der Waals surface area (Å²) < 4.78 is 40.5. The molecule has 1 aliphatic rings. The van der Waals surface area contributed by atoms with Gasteiger partial charge >= 0.3 is 0 Å². The molecular formula is C21H21ClF3N3O2. The first kappa shape index (κ1) is 22.1. The Labute approximate surface area is 177 Å². The van der Waals surface area contributed by atoms with Gasteiger partial charge < -0.3 is 10.2 Å². The summed E-state index contributed by atoms with van der Waals surface area (Å²) in [6.07, 6.45) is 0.0632. The minimum atomic E-state index is -0.954. The number of rotatable bonds is 6. The lowest BCUT2D eigenvalue weighted by Crippen LogP contribution is -2.48. The molecule has 0 atom stereocenters. The van der Waals surface area contributed by atoms with Crippen LogP contribution in [0.25, 0.3) is 0 Å². The molecule has 0 saturated carbocycles. The molecule has 1 fully saturated rings. The van der Waals surface area contributed by atoms with E-state index in [-0.39, 0.29) is 30.3 Å². The number of hydrogen-bond acceptors (Lipinski definition) is 3. The number of amides is 2. The van der Waals surface area contributed by atoms with Crippen molar-refractivity contribution in [1.29, 1.82) is 0 Å². The summed E-state index contributed by atoms with van der Waals surface area (Å²) in [6, 6.07) is 7.26. The molecule has 0 radical (unpaired) electrons. The Hall–Kier alpha value is -2.58. The molecule has 1 aliphatic heterocycles. The highest BCUT2D eigenvalue weighted by Gasteiger charge is 2.22. The predicted molar refractivity (Wildman–Crippen MR) is 107 cm³/mol. The molecule has 5 nitrogen and oxygen atoms in total. The van der Waals surface area contributed by atoms with E-state index >= 15 is 0 Å². The molecule has 3 rings (SSSR count). The van der Waals surface area contributed by atoms with Crippen LogP contribution in [-0.2, 0) is 11.3 Å². The van der Waals surface area contributed by atoms with Crippen molar-refractivity contribution in [3.05, 3.63) is 70.0 Å². The number of nitrogens with zero attached hydrogens (tertiary/aromatic N) is 2. The molecule has 0 aromatic heterocycles. The van der Waals surface area contributed by atoms with Crippen LogP contribution in [0.3, 0.4) is 0 Å². The van der Waals surface area contributed by atoms with Gasteiger partial charge in [0, 0.05) is 62.3 Å². The van der Waals surface area contributed by atoms with Crippen LogP contribution in [0.2, 0.25) is 5.02 Å². The third-order valence-corrected chi connectivity index (χ3v) is 5.32. The smallest absolute Gasteiger partial charge is 0.254 e. The van der Waals surface area contributed by atoms with Gasteiger partial charge in [-0.3, -0.25) is 14.5 Å². The van der Waals surface area contributed by atoms with Gasteiger partial charge in [-0.2, -0.15) is 0 Å². The van der Waals surface area contributed by atoms with Crippen LogP contribution in [0.4, 0.5) is 13.2 Å². The van der Waals surface area contributed by atoms with E-state index in [9.17, 15) is 22.8 Å². The summed E-state index contributed by atoms with van der Waals surface area (Å²) in [5.41, 5.74) is 0.166. The van der Waals surface area contributed by atoms with E-state index in [1.807, 2.05) is 4.90 Å². The first-order valence-electron chi connectivity index (χ1n) is 9.51. The van der Waals surface area contributed by atoms with Gasteiger partial charge in [0.15, 0.2) is 0 Å². The highest BCUT2D eigenvalue weighted by Crippen LogP contribution is 2.21. The number of carbonyl (C=O) groups excluding carboxylic acids is 2. The second kappa shape index (κ2) is 9.95. The summed E-state index contributed by atoms with van der Waals surface area (Å²) in [6.45, 7) is 2.51. The van der Waals surface area contributed by atoms with E-state index in [1.54, 1.807) is 17.0 Å². The van der Waals surface area contributed by atoms with Gasteiger partial charge in [-0.25, -0.2) is 13.2 Å². The average molecular weight is 440 g/mol. The zero-order valence-corrected chi connectivity index (χ0v) is 16.9. The molecule has 30 heavy (non-hydrogen) atoms. The van der Waals surface area contributed by atoms with E-state index in [4.69, 9.17) is 11.6 Å². The van der Waals surface area contributed by atoms with Gasteiger partial charge in [0.25, 0.3) is 5.91 Å². The third-order valence-electron chi connectivity index (χ3n) is 4.97. The Morgan fingerprint density at radius 2 is 1.73 bits per heavy atom. The van der Waals surface area contributed by atoms with Crippen LogP contribution in [0.15, 0.2) is 36.4 Å². The largest absolute Gasteiger partial charge is 0.351 e. The molecule has 2 amide bonds. The standard InChI is InChI=1S/C21H21ClF3N3O2/c22-17-2-1-3-18(24)16(17)13-27-8-10-28(11-9-27)20(29)6-7-26-21(30)15-5-4-14(23)12-19(15)25/h1-5,12H,6-11,13H2,(H,26,30). The quantitative estimate of drug-likeness (QED) is 0.752. The van der Waals surface area contributed by atoms with Crippen molar-refractivity contribution >= 4 is 23.4 Å². The fourth-order valence-electron chi connectivity index (χ4n) is 3.27. The maximum atomic E-state index is 13.9. The summed E-state index contributed by atoms with van der Waals surface area (Å²) in [5.74, 6) is -2.92. The minimum Gasteiger partial charge on any atom is -0.351 e. The fourth-order valence-corrected chi connectivity index (χ4v) is 3.50. The number of hydrogen-bond donors (Lipinski definition) is 1. The molecule has 160 valence electrons. The lowest BCUT2D eigenvalue weighted by atomic mass is 10.1. The SMILES string of the molecule is O=C(NCCC(=O)N1CCN(Cc2c(F)cccc2Cl)CC1)c1ccc(F)cc1F. The topological polar surface area (TPSA) is 52.7 Å². The molecule has 0 aliphatic carbocycles. The Morgan fingerprint density at radius 1 is 1.00 bits per heavy atom. The van der Waals surface area contributed by atoms with Gasteiger partial charge in [0.05, 0.1) is 5.56 Å². The van der Waals surface area contributed by atoms with E-state index in [1.165, 1.54) is 6.07 Å². The van der Waals surface area contributed by atoms with Crippen molar-refractivity contribution < 1.29 is 22.8 Å². The normalized spacial score (nSPS) is 14.6. The van der Waals surface area contributed by atoms with Crippen LogP contribution in [0.5, 0.6) is 0 Å². The van der Waals surface area contributed by atoms with Crippen LogP contribution >= 0.6 is 11.6 Å². The van der Waals surface area contributed by atoms with Crippen LogP contribution < -0.4 is 5.32 Å². The van der Waals surface area contributed by atoms with Crippen molar-refractivity contribution in [2.45, 2.75) is 13.0 Å². The summed E-state index contributed by atoms with van der Waals surface area (Å²) >= 11 is 6.06. The number of piperazine rings is 1. The molecule has 2 aromatic rings. The van der Waals surface area contributed by atoms with Crippen molar-refractivity contribution in [3.63, 3.8) is 0 Å². The van der Waals surface area contributed by atoms with Gasteiger partial charge in [-0.15, -0.1) is 0 Å². The molecule has 0 unspecified atom stereocenters. The molecule has 2 aromatic carbocycles. The maximum absolute atomic E-state index is 13.9. The van der Waals surface area contributed by atoms with Crippen LogP contribution in [0, 0.1) is 17.5 Å². The van der Waals surface area contributed by atoms with Crippen molar-refractivity contribution in [2.75, 3.05) is 32.7 Å². The van der Waals surface area contributed by atoms with E-state index in [2.05, 4.69) is 5.32 Å². The first-order valence-corrected chi connectivity index (χ1v) is 9.89. The van der Waals surface area contributed by atoms with Gasteiger partial charge in [0.1, 0.15) is 17.5 Å². The minimum absolute atomic E-state index is 0.0412. The molecule has 1 N–H and O–H groups in total. The second-order valence-electron chi connectivity index (χ2n) is 6.99. The van der Waals surface area contributed by atoms with Crippen LogP contribution in [-0.4, -0.2) is 54.3 Å². The summed E-state index contributed by atoms with van der Waals surface area (Å²) in [4.78, 5) is 28.0. The molecule has 9 heteroatoms. The van der Waals surface area contributed by atoms with Gasteiger partial charge in [-0.05, 0) is 24.3 Å². The second-order valence-corrected chi connectivity index (χ2v) is 7.39. The van der Waals surface area contributed by atoms with Crippen LogP contribution in [0.1, 0.15) is 22.3 Å². The predicted octanol–water partition coefficient (Wildman–Crippen LogP) is 3.22. The maximum Gasteiger partial charge on any atom is 0.254 e. The van der Waals surface area contributed by atoms with E-state index < -0.39 is 17.5 Å². The molecular weight excluding hydrogens is 419 g/mol. The van der Waals surface area contributed by atoms with Crippen molar-refractivity contribution in [2.24, 2.45) is 0 Å². The highest BCUT2D eigenvalue weighted by atomic mass is 35.5. The van der Waals surface area contributed by atoms with Gasteiger partial charge in [0.2, 0.25) is 5.91 Å². The summed E-state index contributed by atoms with van der Waals surface area (Å²) in [5, 5.41) is 2.84. The number of benzene rings is 2. The molecule has 0 spiro atoms. The zero-order chi connectivity index (χ0) is 21.7. The Morgan fingerprint density at radius 3 is 2.40 bits per heavy atom. The Kier molecular flexibility index (Phi) is 7.33. The Balaban J connectivity index is 1.42. The van der Waals surface area contributed by atoms with Crippen molar-refractivity contribution in [1.82, 2.24) is 15.1 Å². The molecule has 1 saturated heterocycles. The first-order chi connectivity index (χ1) is 14.3. The fraction of sp³-hybridized carbons (Fsp3) is 0.333. The highest BCUT2D eigenvalue weighted by molar-refractivity contribution is 6.31. The van der Waals surface area contributed by atoms with E-state index in [0.717, 1.165) is 12.1 Å². The number of halogens is 4. The van der Waals surface area contributed by atoms with Gasteiger partial charge in [-0.1, -0.05) is 17.7 Å². The zero-order valence-electron chi connectivity index (χ0n) is 16.1. The summed E-state index contributed by atoms with van der Waals surface area (Å²) in [7, 11) is 0. The lowest BCUT2D eigenvalue weighted by molar-refractivity contribution is -0.132. The molecule has 0 bridgehead atoms. The lowest BCUT2D eigenvalue weighted by Gasteiger charge is -2.35. The third kappa shape index (κ3) is 5.52. The number of carbonyl (C=O) groups is 2. The number of nitrogens with one attached hydrogen (secondary N) is 1.